The van der Waals surface area contributed by atoms with E-state index in [0.717, 1.165) is 31.4 Å². The number of carbonyl (C=O) groups excluding carboxylic acids is 2. The maximum Gasteiger partial charge on any atom is 0.227 e. The summed E-state index contributed by atoms with van der Waals surface area (Å²) >= 11 is 0. The summed E-state index contributed by atoms with van der Waals surface area (Å²) in [5.74, 6) is 0.178. The highest BCUT2D eigenvalue weighted by Crippen LogP contribution is 2.25. The van der Waals surface area contributed by atoms with Gasteiger partial charge in [-0.05, 0) is 49.2 Å². The van der Waals surface area contributed by atoms with Gasteiger partial charge in [-0.2, -0.15) is 0 Å². The van der Waals surface area contributed by atoms with Crippen LogP contribution in [-0.4, -0.2) is 16.7 Å². The molecule has 4 nitrogen and oxygen atoms in total. The lowest BCUT2D eigenvalue weighted by molar-refractivity contribution is -0.120. The molecule has 118 valence electrons. The van der Waals surface area contributed by atoms with Crippen LogP contribution in [0.15, 0.2) is 48.8 Å². The second kappa shape index (κ2) is 7.18. The first-order valence-electron chi connectivity index (χ1n) is 8.10. The van der Waals surface area contributed by atoms with Crippen molar-refractivity contribution in [3.63, 3.8) is 0 Å². The van der Waals surface area contributed by atoms with E-state index in [4.69, 9.17) is 0 Å². The molecule has 3 rings (SSSR count). The highest BCUT2D eigenvalue weighted by molar-refractivity contribution is 6.09. The molecule has 0 unspecified atom stereocenters. The van der Waals surface area contributed by atoms with Gasteiger partial charge in [-0.15, -0.1) is 0 Å². The smallest absolute Gasteiger partial charge is 0.227 e. The number of pyridine rings is 1. The van der Waals surface area contributed by atoms with Crippen molar-refractivity contribution in [1.29, 1.82) is 0 Å². The molecule has 1 heterocycles. The van der Waals surface area contributed by atoms with Crippen LogP contribution < -0.4 is 5.32 Å². The molecule has 1 N–H and O–H groups in total. The number of anilines is 1. The number of amides is 1. The van der Waals surface area contributed by atoms with Crippen molar-refractivity contribution in [3.05, 3.63) is 59.9 Å². The fourth-order valence-electron chi connectivity index (χ4n) is 2.98. The quantitative estimate of drug-likeness (QED) is 0.873. The number of benzene rings is 1. The Balaban J connectivity index is 1.65. The van der Waals surface area contributed by atoms with E-state index in [9.17, 15) is 9.59 Å². The van der Waals surface area contributed by atoms with Gasteiger partial charge in [-0.25, -0.2) is 0 Å². The zero-order valence-corrected chi connectivity index (χ0v) is 13.0. The molecule has 2 aromatic rings. The fraction of sp³-hybridized carbons (Fsp3) is 0.316. The topological polar surface area (TPSA) is 59.1 Å². The largest absolute Gasteiger partial charge is 0.326 e. The maximum absolute atomic E-state index is 12.3. The SMILES string of the molecule is O=C(c1ccncc1)c1ccc(NC(=O)C2CCCCC2)cc1. The molecule has 1 aromatic heterocycles. The Morgan fingerprint density at radius 2 is 1.48 bits per heavy atom. The van der Waals surface area contributed by atoms with Gasteiger partial charge in [0, 0.05) is 35.1 Å². The van der Waals surface area contributed by atoms with Crippen molar-refractivity contribution >= 4 is 17.4 Å². The van der Waals surface area contributed by atoms with Gasteiger partial charge in [0.1, 0.15) is 0 Å². The van der Waals surface area contributed by atoms with Gasteiger partial charge in [0.05, 0.1) is 0 Å². The Bertz CT molecular complexity index is 674. The van der Waals surface area contributed by atoms with Gasteiger partial charge in [-0.3, -0.25) is 14.6 Å². The molecule has 0 spiro atoms. The van der Waals surface area contributed by atoms with Gasteiger partial charge >= 0.3 is 0 Å². The van der Waals surface area contributed by atoms with E-state index in [-0.39, 0.29) is 17.6 Å². The van der Waals surface area contributed by atoms with Gasteiger partial charge < -0.3 is 5.32 Å². The molecular formula is C19H20N2O2. The standard InChI is InChI=1S/C19H20N2O2/c22-18(15-10-12-20-13-11-15)14-6-8-17(9-7-14)21-19(23)16-4-2-1-3-5-16/h6-13,16H,1-5H2,(H,21,23). The number of ketones is 1. The van der Waals surface area contributed by atoms with Gasteiger partial charge in [-0.1, -0.05) is 19.3 Å². The third-order valence-electron chi connectivity index (χ3n) is 4.33. The second-order valence-corrected chi connectivity index (χ2v) is 5.97. The fourth-order valence-corrected chi connectivity index (χ4v) is 2.98. The van der Waals surface area contributed by atoms with E-state index in [1.165, 1.54) is 6.42 Å². The molecule has 0 saturated heterocycles. The lowest BCUT2D eigenvalue weighted by Gasteiger charge is -2.20. The molecule has 1 aromatic carbocycles. The van der Waals surface area contributed by atoms with Crippen LogP contribution in [0.25, 0.3) is 0 Å². The van der Waals surface area contributed by atoms with Crippen molar-refractivity contribution in [2.45, 2.75) is 32.1 Å². The van der Waals surface area contributed by atoms with Gasteiger partial charge in [0.25, 0.3) is 0 Å². The van der Waals surface area contributed by atoms with Crippen molar-refractivity contribution in [2.24, 2.45) is 5.92 Å². The van der Waals surface area contributed by atoms with Gasteiger partial charge in [0.15, 0.2) is 5.78 Å². The van der Waals surface area contributed by atoms with Crippen LogP contribution in [0, 0.1) is 5.92 Å². The van der Waals surface area contributed by atoms with E-state index in [1.54, 1.807) is 48.8 Å². The molecule has 1 aliphatic carbocycles. The first-order valence-corrected chi connectivity index (χ1v) is 8.10. The highest BCUT2D eigenvalue weighted by Gasteiger charge is 2.21. The summed E-state index contributed by atoms with van der Waals surface area (Å²) in [4.78, 5) is 28.4. The summed E-state index contributed by atoms with van der Waals surface area (Å²) in [6, 6.07) is 10.5. The Morgan fingerprint density at radius 3 is 2.13 bits per heavy atom. The molecular weight excluding hydrogens is 288 g/mol. The van der Waals surface area contributed by atoms with Crippen LogP contribution >= 0.6 is 0 Å². The lowest BCUT2D eigenvalue weighted by Crippen LogP contribution is -2.24. The third kappa shape index (κ3) is 3.83. The predicted molar refractivity (Wildman–Crippen MR) is 89.3 cm³/mol. The van der Waals surface area contributed by atoms with Crippen molar-refractivity contribution in [3.8, 4) is 0 Å². The predicted octanol–water partition coefficient (Wildman–Crippen LogP) is 3.83. The number of aromatic nitrogens is 1. The number of hydrogen-bond acceptors (Lipinski definition) is 3. The summed E-state index contributed by atoms with van der Waals surface area (Å²) < 4.78 is 0. The van der Waals surface area contributed by atoms with Crippen LogP contribution in [0.3, 0.4) is 0 Å². The monoisotopic (exact) mass is 308 g/mol. The summed E-state index contributed by atoms with van der Waals surface area (Å²) in [5, 5.41) is 2.96. The Morgan fingerprint density at radius 1 is 0.870 bits per heavy atom. The van der Waals surface area contributed by atoms with E-state index in [1.807, 2.05) is 0 Å². The van der Waals surface area contributed by atoms with Crippen LogP contribution in [-0.2, 0) is 4.79 Å². The van der Waals surface area contributed by atoms with Crippen molar-refractivity contribution in [2.75, 3.05) is 5.32 Å². The molecule has 1 fully saturated rings. The third-order valence-corrected chi connectivity index (χ3v) is 4.33. The molecule has 0 aliphatic heterocycles. The van der Waals surface area contributed by atoms with Crippen molar-refractivity contribution in [1.82, 2.24) is 4.98 Å². The lowest BCUT2D eigenvalue weighted by atomic mass is 9.88. The molecule has 0 radical (unpaired) electrons. The van der Waals surface area contributed by atoms with Crippen LogP contribution in [0.1, 0.15) is 48.0 Å². The Labute approximate surface area is 135 Å². The van der Waals surface area contributed by atoms with E-state index >= 15 is 0 Å². The Hall–Kier alpha value is -2.49. The highest BCUT2D eigenvalue weighted by atomic mass is 16.2. The molecule has 0 atom stereocenters. The van der Waals surface area contributed by atoms with E-state index in [0.29, 0.717) is 11.1 Å². The first-order chi connectivity index (χ1) is 11.2. The van der Waals surface area contributed by atoms with Crippen LogP contribution in [0.4, 0.5) is 5.69 Å². The van der Waals surface area contributed by atoms with Crippen molar-refractivity contribution < 1.29 is 9.59 Å². The summed E-state index contributed by atoms with van der Waals surface area (Å²) in [7, 11) is 0. The number of rotatable bonds is 4. The van der Waals surface area contributed by atoms with Crippen LogP contribution in [0.5, 0.6) is 0 Å². The van der Waals surface area contributed by atoms with Crippen LogP contribution in [0.2, 0.25) is 0 Å². The number of nitrogens with zero attached hydrogens (tertiary/aromatic N) is 1. The minimum atomic E-state index is -0.0439. The minimum absolute atomic E-state index is 0.0439. The molecule has 1 amide bonds. The molecule has 1 saturated carbocycles. The normalized spacial score (nSPS) is 15.1. The Kier molecular flexibility index (Phi) is 4.81. The number of nitrogens with one attached hydrogen (secondary N) is 1. The number of hydrogen-bond donors (Lipinski definition) is 1. The average molecular weight is 308 g/mol. The molecule has 23 heavy (non-hydrogen) atoms. The zero-order chi connectivity index (χ0) is 16.1. The minimum Gasteiger partial charge on any atom is -0.326 e. The molecule has 0 bridgehead atoms. The maximum atomic E-state index is 12.3. The van der Waals surface area contributed by atoms with E-state index in [2.05, 4.69) is 10.3 Å². The number of carbonyl (C=O) groups is 2. The van der Waals surface area contributed by atoms with E-state index < -0.39 is 0 Å². The van der Waals surface area contributed by atoms with Gasteiger partial charge in [0.2, 0.25) is 5.91 Å². The summed E-state index contributed by atoms with van der Waals surface area (Å²) in [6.07, 6.45) is 8.66. The molecule has 1 aliphatic rings. The average Bonchev–Trinajstić information content (AvgIpc) is 2.63. The molecule has 4 heteroatoms. The first kappa shape index (κ1) is 15.4. The second-order valence-electron chi connectivity index (χ2n) is 5.97. The zero-order valence-electron chi connectivity index (χ0n) is 13.0. The summed E-state index contributed by atoms with van der Waals surface area (Å²) in [6.45, 7) is 0. The summed E-state index contributed by atoms with van der Waals surface area (Å²) in [5.41, 5.74) is 1.96.